The van der Waals surface area contributed by atoms with Crippen molar-refractivity contribution in [1.29, 1.82) is 0 Å². The van der Waals surface area contributed by atoms with Gasteiger partial charge in [-0.3, -0.25) is 18.9 Å². The average molecular weight is 464 g/mol. The van der Waals surface area contributed by atoms with Crippen molar-refractivity contribution in [3.8, 4) is 0 Å². The fraction of sp³-hybridized carbons (Fsp3) is 0.600. The van der Waals surface area contributed by atoms with E-state index in [1.807, 2.05) is 0 Å². The van der Waals surface area contributed by atoms with E-state index in [4.69, 9.17) is 19.4 Å². The first-order valence-electron chi connectivity index (χ1n) is 7.52. The van der Waals surface area contributed by atoms with E-state index >= 15 is 0 Å². The van der Waals surface area contributed by atoms with Gasteiger partial charge in [0, 0.05) is 18.2 Å². The Hall–Kier alpha value is -0.950. The molecule has 158 valence electrons. The molecular weight excluding hydrogens is 449 g/mol. The standard InChI is InChI=1S/C10H15N2O13P3/c13-8-1-2-12(10(14)11-8)9-6-3-5(6)7(23-9)4-22-27(18,19)25-28(20,21)24-26(15,16)17/h1-2,5-7,9H,3-4H2,(H,18,19)(H,20,21)(H,11,13,14)(H2,15,16,17). The van der Waals surface area contributed by atoms with E-state index in [1.54, 1.807) is 0 Å². The van der Waals surface area contributed by atoms with Crippen LogP contribution in [0.25, 0.3) is 0 Å². The van der Waals surface area contributed by atoms with Gasteiger partial charge in [0.15, 0.2) is 0 Å². The first-order valence-corrected chi connectivity index (χ1v) is 12.0. The Morgan fingerprint density at radius 1 is 1.11 bits per heavy atom. The van der Waals surface area contributed by atoms with Crippen molar-refractivity contribution in [2.45, 2.75) is 18.8 Å². The average Bonchev–Trinajstić information content (AvgIpc) is 3.18. The van der Waals surface area contributed by atoms with Gasteiger partial charge in [0.2, 0.25) is 0 Å². The molecular formula is C10H15N2O13P3. The topological polar surface area (TPSA) is 224 Å². The number of hydrogen-bond donors (Lipinski definition) is 5. The van der Waals surface area contributed by atoms with E-state index in [9.17, 15) is 28.2 Å². The van der Waals surface area contributed by atoms with Crippen molar-refractivity contribution >= 4 is 23.5 Å². The summed E-state index contributed by atoms with van der Waals surface area (Å²) < 4.78 is 52.1. The first kappa shape index (κ1) is 21.8. The predicted molar refractivity (Wildman–Crippen MR) is 86.6 cm³/mol. The third kappa shape index (κ3) is 5.35. The molecule has 2 heterocycles. The maximum Gasteiger partial charge on any atom is 0.490 e. The number of fused-ring (bicyclic) bond motifs is 1. The van der Waals surface area contributed by atoms with Crippen LogP contribution in [0.15, 0.2) is 21.9 Å². The number of aromatic nitrogens is 2. The van der Waals surface area contributed by atoms with Crippen LogP contribution >= 0.6 is 23.5 Å². The molecule has 1 aliphatic carbocycles. The largest absolute Gasteiger partial charge is 0.490 e. The van der Waals surface area contributed by atoms with Crippen LogP contribution in [0.4, 0.5) is 0 Å². The Morgan fingerprint density at radius 3 is 2.39 bits per heavy atom. The molecule has 1 aliphatic heterocycles. The molecule has 0 radical (unpaired) electrons. The van der Waals surface area contributed by atoms with Gasteiger partial charge in [-0.05, 0) is 12.3 Å². The molecule has 2 aliphatic rings. The Labute approximate surface area is 155 Å². The molecule has 6 atom stereocenters. The Balaban J connectivity index is 1.60. The van der Waals surface area contributed by atoms with E-state index in [1.165, 1.54) is 6.20 Å². The number of ether oxygens (including phenoxy) is 1. The van der Waals surface area contributed by atoms with Gasteiger partial charge >= 0.3 is 29.2 Å². The summed E-state index contributed by atoms with van der Waals surface area (Å²) >= 11 is 0. The first-order chi connectivity index (χ1) is 12.8. The highest BCUT2D eigenvalue weighted by atomic mass is 31.3. The summed E-state index contributed by atoms with van der Waals surface area (Å²) in [6.07, 6.45) is 0.314. The quantitative estimate of drug-likeness (QED) is 0.304. The molecule has 1 aromatic rings. The number of nitrogens with one attached hydrogen (secondary N) is 1. The van der Waals surface area contributed by atoms with Crippen LogP contribution in [0.3, 0.4) is 0 Å². The van der Waals surface area contributed by atoms with Crippen molar-refractivity contribution in [3.05, 3.63) is 33.1 Å². The third-order valence-corrected chi connectivity index (χ3v) is 7.79. The van der Waals surface area contributed by atoms with Crippen molar-refractivity contribution in [1.82, 2.24) is 9.55 Å². The lowest BCUT2D eigenvalue weighted by atomic mass is 10.2. The van der Waals surface area contributed by atoms with Crippen LogP contribution < -0.4 is 11.2 Å². The number of phosphoric acid groups is 3. The van der Waals surface area contributed by atoms with Gasteiger partial charge in [0.1, 0.15) is 6.23 Å². The van der Waals surface area contributed by atoms with Crippen LogP contribution in [-0.4, -0.2) is 41.8 Å². The summed E-state index contributed by atoms with van der Waals surface area (Å²) in [6, 6.07) is 1.13. The summed E-state index contributed by atoms with van der Waals surface area (Å²) in [5, 5.41) is 0. The summed E-state index contributed by atoms with van der Waals surface area (Å²) in [5.74, 6) is -0.255. The van der Waals surface area contributed by atoms with Gasteiger partial charge in [-0.1, -0.05) is 0 Å². The Kier molecular flexibility index (Phi) is 5.74. The molecule has 15 nitrogen and oxygen atoms in total. The molecule has 28 heavy (non-hydrogen) atoms. The zero-order valence-electron chi connectivity index (χ0n) is 13.6. The summed E-state index contributed by atoms with van der Waals surface area (Å²) in [6.45, 7) is -0.584. The number of aromatic amines is 1. The second-order valence-electron chi connectivity index (χ2n) is 6.03. The maximum absolute atomic E-state index is 11.8. The molecule has 1 saturated heterocycles. The highest BCUT2D eigenvalue weighted by molar-refractivity contribution is 7.66. The molecule has 0 spiro atoms. The minimum absolute atomic E-state index is 0.113. The SMILES string of the molecule is O=c1ccn(C2OC(COP(=O)(O)OP(=O)(O)OP(=O)(O)O)C3CC32)c(=O)[nH]1. The second kappa shape index (κ2) is 7.38. The highest BCUT2D eigenvalue weighted by Crippen LogP contribution is 2.66. The van der Waals surface area contributed by atoms with Crippen LogP contribution in [0.1, 0.15) is 12.6 Å². The molecule has 5 N–H and O–H groups in total. The lowest BCUT2D eigenvalue weighted by Crippen LogP contribution is -2.33. The lowest BCUT2D eigenvalue weighted by Gasteiger charge is -2.21. The zero-order valence-corrected chi connectivity index (χ0v) is 16.3. The minimum Gasteiger partial charge on any atom is -0.352 e. The molecule has 3 rings (SSSR count). The fourth-order valence-electron chi connectivity index (χ4n) is 2.91. The second-order valence-corrected chi connectivity index (χ2v) is 10.5. The molecule has 0 amide bonds. The molecule has 2 fully saturated rings. The number of H-pyrrole nitrogens is 1. The van der Waals surface area contributed by atoms with Crippen LogP contribution in [0.2, 0.25) is 0 Å². The monoisotopic (exact) mass is 464 g/mol. The molecule has 6 unspecified atom stereocenters. The van der Waals surface area contributed by atoms with Gasteiger partial charge < -0.3 is 24.3 Å². The summed E-state index contributed by atoms with van der Waals surface area (Å²) in [7, 11) is -16.3. The van der Waals surface area contributed by atoms with Gasteiger partial charge in [-0.25, -0.2) is 18.5 Å². The summed E-state index contributed by atoms with van der Waals surface area (Å²) in [5.41, 5.74) is -1.28. The molecule has 0 aromatic carbocycles. The molecule has 1 aromatic heterocycles. The van der Waals surface area contributed by atoms with Crippen LogP contribution in [0, 0.1) is 11.8 Å². The Bertz CT molecular complexity index is 1010. The number of phosphoric ester groups is 1. The fourth-order valence-corrected chi connectivity index (χ4v) is 5.94. The van der Waals surface area contributed by atoms with Gasteiger partial charge in [-0.2, -0.15) is 8.62 Å². The van der Waals surface area contributed by atoms with Crippen molar-refractivity contribution in [2.24, 2.45) is 11.8 Å². The minimum atomic E-state index is -5.59. The van der Waals surface area contributed by atoms with Gasteiger partial charge in [0.05, 0.1) is 12.7 Å². The number of hydrogen-bond acceptors (Lipinski definition) is 9. The van der Waals surface area contributed by atoms with Crippen molar-refractivity contribution in [2.75, 3.05) is 6.61 Å². The molecule has 0 bridgehead atoms. The van der Waals surface area contributed by atoms with Gasteiger partial charge in [0.25, 0.3) is 5.56 Å². The predicted octanol–water partition coefficient (Wildman–Crippen LogP) is -0.587. The van der Waals surface area contributed by atoms with Crippen LogP contribution in [-0.2, 0) is 31.6 Å². The normalized spacial score (nSPS) is 31.0. The van der Waals surface area contributed by atoms with E-state index in [-0.39, 0.29) is 11.8 Å². The number of nitrogens with zero attached hydrogens (tertiary/aromatic N) is 1. The van der Waals surface area contributed by atoms with Crippen LogP contribution in [0.5, 0.6) is 0 Å². The summed E-state index contributed by atoms with van der Waals surface area (Å²) in [4.78, 5) is 60.5. The van der Waals surface area contributed by atoms with Crippen molar-refractivity contribution < 1.29 is 51.2 Å². The van der Waals surface area contributed by atoms with E-state index < -0.39 is 53.7 Å². The lowest BCUT2D eigenvalue weighted by molar-refractivity contribution is -0.0508. The smallest absolute Gasteiger partial charge is 0.352 e. The highest BCUT2D eigenvalue weighted by Gasteiger charge is 2.57. The van der Waals surface area contributed by atoms with Gasteiger partial charge in [-0.15, -0.1) is 0 Å². The van der Waals surface area contributed by atoms with E-state index in [2.05, 4.69) is 18.1 Å². The van der Waals surface area contributed by atoms with Crippen molar-refractivity contribution in [3.63, 3.8) is 0 Å². The molecule has 1 saturated carbocycles. The maximum atomic E-state index is 11.8. The molecule has 18 heteroatoms. The third-order valence-electron chi connectivity index (χ3n) is 3.99. The van der Waals surface area contributed by atoms with E-state index in [0.717, 1.165) is 10.6 Å². The Morgan fingerprint density at radius 2 is 1.79 bits per heavy atom. The van der Waals surface area contributed by atoms with E-state index in [0.29, 0.717) is 6.42 Å². The number of rotatable bonds is 8. The zero-order chi connectivity index (χ0) is 20.9.